The molecule has 0 saturated heterocycles. The van der Waals surface area contributed by atoms with Gasteiger partial charge in [-0.15, -0.1) is 11.3 Å². The largest absolute Gasteiger partial charge is 0.476 e. The van der Waals surface area contributed by atoms with Crippen molar-refractivity contribution in [3.8, 4) is 6.07 Å². The molecule has 1 aromatic heterocycles. The lowest BCUT2D eigenvalue weighted by atomic mass is 10.3. The summed E-state index contributed by atoms with van der Waals surface area (Å²) in [6, 6.07) is 1.93. The molecule has 0 aromatic carbocycles. The van der Waals surface area contributed by atoms with Crippen LogP contribution in [0.1, 0.15) is 21.8 Å². The normalized spacial score (nSPS) is 10.1. The number of hydrogen-bond donors (Lipinski definition) is 1. The molecule has 1 aromatic rings. The van der Waals surface area contributed by atoms with Gasteiger partial charge in [-0.2, -0.15) is 5.26 Å². The van der Waals surface area contributed by atoms with Crippen molar-refractivity contribution in [3.63, 3.8) is 0 Å². The minimum absolute atomic E-state index is 0.0409. The molecule has 0 saturated carbocycles. The number of hydrogen-bond acceptors (Lipinski definition) is 4. The van der Waals surface area contributed by atoms with Gasteiger partial charge in [0.2, 0.25) is 0 Å². The zero-order chi connectivity index (χ0) is 9.68. The Balaban J connectivity index is 2.83. The van der Waals surface area contributed by atoms with E-state index in [9.17, 15) is 4.79 Å². The summed E-state index contributed by atoms with van der Waals surface area (Å²) in [6.07, 6.45) is 3.49. The predicted molar refractivity (Wildman–Crippen MR) is 48.3 cm³/mol. The third-order valence-corrected chi connectivity index (χ3v) is 2.07. The van der Waals surface area contributed by atoms with Gasteiger partial charge in [-0.05, 0) is 6.08 Å². The lowest BCUT2D eigenvalue weighted by Gasteiger charge is -1.88. The van der Waals surface area contributed by atoms with Crippen LogP contribution in [0.4, 0.5) is 0 Å². The number of carboxylic acid groups (broad SMARTS) is 1. The van der Waals surface area contributed by atoms with E-state index >= 15 is 0 Å². The van der Waals surface area contributed by atoms with Gasteiger partial charge < -0.3 is 5.11 Å². The molecule has 0 amide bonds. The summed E-state index contributed by atoms with van der Waals surface area (Å²) in [5.41, 5.74) is 1.51. The number of allylic oxidation sites excluding steroid dienone is 1. The maximum absolute atomic E-state index is 10.6. The molecule has 0 radical (unpaired) electrons. The highest BCUT2D eigenvalue weighted by molar-refractivity contribution is 7.10. The first-order valence-electron chi connectivity index (χ1n) is 3.46. The molecule has 0 bridgehead atoms. The van der Waals surface area contributed by atoms with Crippen LogP contribution in [0.25, 0.3) is 6.08 Å². The molecule has 1 N–H and O–H groups in total. The van der Waals surface area contributed by atoms with E-state index in [0.29, 0.717) is 4.88 Å². The van der Waals surface area contributed by atoms with Crippen molar-refractivity contribution < 1.29 is 9.90 Å². The minimum Gasteiger partial charge on any atom is -0.476 e. The summed E-state index contributed by atoms with van der Waals surface area (Å²) < 4.78 is 0. The Morgan fingerprint density at radius 1 is 1.85 bits per heavy atom. The fraction of sp³-hybridized carbons (Fsp3) is 0.125. The molecule has 4 nitrogen and oxygen atoms in total. The maximum atomic E-state index is 10.6. The molecule has 5 heteroatoms. The topological polar surface area (TPSA) is 74.0 Å². The Bertz CT molecular complexity index is 376. The van der Waals surface area contributed by atoms with Gasteiger partial charge in [-0.25, -0.2) is 9.78 Å². The number of nitrogens with zero attached hydrogens (tertiary/aromatic N) is 2. The SMILES string of the molecule is N#CCC=Cc1scnc1C(=O)O. The van der Waals surface area contributed by atoms with E-state index in [4.69, 9.17) is 10.4 Å². The van der Waals surface area contributed by atoms with Gasteiger partial charge in [-0.1, -0.05) is 6.08 Å². The molecule has 66 valence electrons. The Hall–Kier alpha value is -1.67. The Labute approximate surface area is 78.8 Å². The van der Waals surface area contributed by atoms with E-state index in [-0.39, 0.29) is 12.1 Å². The van der Waals surface area contributed by atoms with Gasteiger partial charge in [0.25, 0.3) is 0 Å². The van der Waals surface area contributed by atoms with Crippen LogP contribution >= 0.6 is 11.3 Å². The monoisotopic (exact) mass is 194 g/mol. The van der Waals surface area contributed by atoms with Crippen LogP contribution in [0.15, 0.2) is 11.6 Å². The van der Waals surface area contributed by atoms with Crippen LogP contribution in [-0.4, -0.2) is 16.1 Å². The number of thiazole rings is 1. The number of rotatable bonds is 3. The Kier molecular flexibility index (Phi) is 3.17. The van der Waals surface area contributed by atoms with Crippen molar-refractivity contribution in [1.29, 1.82) is 5.26 Å². The van der Waals surface area contributed by atoms with Crippen molar-refractivity contribution >= 4 is 23.4 Å². The van der Waals surface area contributed by atoms with Crippen LogP contribution in [0, 0.1) is 11.3 Å². The predicted octanol–water partition coefficient (Wildman–Crippen LogP) is 1.77. The molecule has 13 heavy (non-hydrogen) atoms. The van der Waals surface area contributed by atoms with E-state index in [2.05, 4.69) is 4.98 Å². The van der Waals surface area contributed by atoms with Crippen LogP contribution < -0.4 is 0 Å². The number of aromatic nitrogens is 1. The van der Waals surface area contributed by atoms with Crippen LogP contribution in [0.3, 0.4) is 0 Å². The number of carbonyl (C=O) groups is 1. The standard InChI is InChI=1S/C8H6N2O2S/c9-4-2-1-3-6-7(8(11)12)10-5-13-6/h1,3,5H,2H2,(H,11,12). The quantitative estimate of drug-likeness (QED) is 0.795. The fourth-order valence-corrected chi connectivity index (χ4v) is 1.45. The molecule has 0 unspecified atom stereocenters. The van der Waals surface area contributed by atoms with Gasteiger partial charge in [0.05, 0.1) is 22.9 Å². The first-order valence-corrected chi connectivity index (χ1v) is 4.34. The molecule has 1 heterocycles. The third-order valence-electron chi connectivity index (χ3n) is 1.28. The van der Waals surface area contributed by atoms with E-state index in [1.54, 1.807) is 12.2 Å². The van der Waals surface area contributed by atoms with Gasteiger partial charge in [0, 0.05) is 0 Å². The molecule has 0 aliphatic carbocycles. The van der Waals surface area contributed by atoms with E-state index in [1.807, 2.05) is 6.07 Å². The van der Waals surface area contributed by atoms with Crippen molar-refractivity contribution in [2.75, 3.05) is 0 Å². The smallest absolute Gasteiger partial charge is 0.356 e. The molecule has 0 atom stereocenters. The lowest BCUT2D eigenvalue weighted by Crippen LogP contribution is -1.97. The molecule has 0 aliphatic heterocycles. The Morgan fingerprint density at radius 3 is 3.23 bits per heavy atom. The van der Waals surface area contributed by atoms with E-state index in [1.165, 1.54) is 16.8 Å². The number of carboxylic acids is 1. The average Bonchev–Trinajstić information content (AvgIpc) is 2.53. The highest BCUT2D eigenvalue weighted by atomic mass is 32.1. The average molecular weight is 194 g/mol. The second-order valence-corrected chi connectivity index (χ2v) is 3.02. The lowest BCUT2D eigenvalue weighted by molar-refractivity contribution is 0.0691. The molecule has 0 aliphatic rings. The highest BCUT2D eigenvalue weighted by Crippen LogP contribution is 2.15. The number of nitriles is 1. The van der Waals surface area contributed by atoms with Crippen molar-refractivity contribution in [2.24, 2.45) is 0 Å². The number of aromatic carboxylic acids is 1. The third kappa shape index (κ3) is 2.39. The van der Waals surface area contributed by atoms with Gasteiger partial charge >= 0.3 is 5.97 Å². The zero-order valence-corrected chi connectivity index (χ0v) is 7.41. The van der Waals surface area contributed by atoms with Crippen LogP contribution in [0.5, 0.6) is 0 Å². The summed E-state index contributed by atoms with van der Waals surface area (Å²) in [4.78, 5) is 14.8. The summed E-state index contributed by atoms with van der Waals surface area (Å²) in [6.45, 7) is 0. The first kappa shape index (κ1) is 9.42. The van der Waals surface area contributed by atoms with Gasteiger partial charge in [0.15, 0.2) is 5.69 Å². The molecule has 0 spiro atoms. The van der Waals surface area contributed by atoms with Crippen molar-refractivity contribution in [1.82, 2.24) is 4.98 Å². The second-order valence-electron chi connectivity index (χ2n) is 2.13. The van der Waals surface area contributed by atoms with Crippen molar-refractivity contribution in [2.45, 2.75) is 6.42 Å². The minimum atomic E-state index is -1.04. The zero-order valence-electron chi connectivity index (χ0n) is 6.60. The summed E-state index contributed by atoms with van der Waals surface area (Å²) in [7, 11) is 0. The summed E-state index contributed by atoms with van der Waals surface area (Å²) >= 11 is 1.24. The highest BCUT2D eigenvalue weighted by Gasteiger charge is 2.10. The van der Waals surface area contributed by atoms with Gasteiger partial charge in [-0.3, -0.25) is 0 Å². The second kappa shape index (κ2) is 4.38. The van der Waals surface area contributed by atoms with E-state index in [0.717, 1.165) is 0 Å². The van der Waals surface area contributed by atoms with Crippen LogP contribution in [-0.2, 0) is 0 Å². The molecule has 1 rings (SSSR count). The van der Waals surface area contributed by atoms with Crippen molar-refractivity contribution in [3.05, 3.63) is 22.2 Å². The van der Waals surface area contributed by atoms with Gasteiger partial charge in [0.1, 0.15) is 0 Å². The molecular weight excluding hydrogens is 188 g/mol. The van der Waals surface area contributed by atoms with E-state index < -0.39 is 5.97 Å². The maximum Gasteiger partial charge on any atom is 0.356 e. The Morgan fingerprint density at radius 2 is 2.62 bits per heavy atom. The summed E-state index contributed by atoms with van der Waals surface area (Å²) in [5, 5.41) is 16.9. The summed E-state index contributed by atoms with van der Waals surface area (Å²) in [5.74, 6) is -1.04. The fourth-order valence-electron chi connectivity index (χ4n) is 0.753. The first-order chi connectivity index (χ1) is 6.25. The van der Waals surface area contributed by atoms with Crippen LogP contribution in [0.2, 0.25) is 0 Å². The molecular formula is C8H6N2O2S. The molecule has 0 fully saturated rings.